The topological polar surface area (TPSA) is 38.1 Å². The molecule has 0 spiro atoms. The Balaban J connectivity index is 1.67. The predicted molar refractivity (Wildman–Crippen MR) is 95.9 cm³/mol. The number of benzene rings is 1. The molecule has 1 aliphatic carbocycles. The van der Waals surface area contributed by atoms with Crippen LogP contribution in [0.5, 0.6) is 0 Å². The molecule has 23 heavy (non-hydrogen) atoms. The van der Waals surface area contributed by atoms with Crippen LogP contribution in [0.25, 0.3) is 10.9 Å². The van der Waals surface area contributed by atoms with Crippen molar-refractivity contribution in [1.29, 1.82) is 0 Å². The van der Waals surface area contributed by atoms with Gasteiger partial charge in [-0.25, -0.2) is 4.98 Å². The van der Waals surface area contributed by atoms with Gasteiger partial charge in [0.2, 0.25) is 0 Å². The average molecular weight is 329 g/mol. The highest BCUT2D eigenvalue weighted by Crippen LogP contribution is 2.36. The molecule has 1 saturated heterocycles. The standard InChI is InChI=1S/C18H23N3OS/c1-20-17(19-14-7-3-2-6-13(14)18(20)22)12-21-10-11-23-16-9-5-4-8-15(16)21/h2-3,6-7,15-16H,4-5,8-12H2,1H3/t15-,16-/m0/s1. The largest absolute Gasteiger partial charge is 0.298 e. The molecule has 2 atom stereocenters. The van der Waals surface area contributed by atoms with Crippen LogP contribution in [-0.2, 0) is 13.6 Å². The highest BCUT2D eigenvalue weighted by Gasteiger charge is 2.34. The zero-order valence-corrected chi connectivity index (χ0v) is 14.4. The molecule has 2 aromatic rings. The smallest absolute Gasteiger partial charge is 0.261 e. The second-order valence-electron chi connectivity index (χ2n) is 6.64. The van der Waals surface area contributed by atoms with Crippen LogP contribution in [0.3, 0.4) is 0 Å². The van der Waals surface area contributed by atoms with Gasteiger partial charge in [-0.15, -0.1) is 0 Å². The van der Waals surface area contributed by atoms with Gasteiger partial charge in [-0.3, -0.25) is 14.3 Å². The average Bonchev–Trinajstić information content (AvgIpc) is 2.60. The van der Waals surface area contributed by atoms with Crippen LogP contribution in [0.4, 0.5) is 0 Å². The highest BCUT2D eigenvalue weighted by molar-refractivity contribution is 8.00. The normalized spacial score (nSPS) is 25.4. The SMILES string of the molecule is Cn1c(CN2CCS[C@H]3CCCC[C@@H]32)nc2ccccc2c1=O. The van der Waals surface area contributed by atoms with Gasteiger partial charge in [0, 0.05) is 30.6 Å². The van der Waals surface area contributed by atoms with E-state index >= 15 is 0 Å². The maximum absolute atomic E-state index is 12.6. The second-order valence-corrected chi connectivity index (χ2v) is 7.99. The van der Waals surface area contributed by atoms with Crippen molar-refractivity contribution in [3.05, 3.63) is 40.4 Å². The van der Waals surface area contributed by atoms with E-state index in [2.05, 4.69) is 16.7 Å². The number of hydrogen-bond donors (Lipinski definition) is 0. The second kappa shape index (κ2) is 6.29. The third-order valence-electron chi connectivity index (χ3n) is 5.27. The summed E-state index contributed by atoms with van der Waals surface area (Å²) in [6, 6.07) is 8.32. The quantitative estimate of drug-likeness (QED) is 0.849. The Morgan fingerprint density at radius 2 is 2.09 bits per heavy atom. The fraction of sp³-hybridized carbons (Fsp3) is 0.556. The summed E-state index contributed by atoms with van der Waals surface area (Å²) >= 11 is 2.14. The zero-order valence-electron chi connectivity index (χ0n) is 13.6. The van der Waals surface area contributed by atoms with Crippen molar-refractivity contribution in [2.75, 3.05) is 12.3 Å². The summed E-state index contributed by atoms with van der Waals surface area (Å²) in [5.41, 5.74) is 0.884. The molecule has 0 radical (unpaired) electrons. The number of nitrogens with zero attached hydrogens (tertiary/aromatic N) is 3. The number of fused-ring (bicyclic) bond motifs is 2. The molecule has 2 aliphatic rings. The van der Waals surface area contributed by atoms with Crippen molar-refractivity contribution < 1.29 is 0 Å². The fourth-order valence-corrected chi connectivity index (χ4v) is 5.47. The summed E-state index contributed by atoms with van der Waals surface area (Å²) in [5, 5.41) is 1.48. The highest BCUT2D eigenvalue weighted by atomic mass is 32.2. The fourth-order valence-electron chi connectivity index (χ4n) is 3.96. The Kier molecular flexibility index (Phi) is 4.16. The summed E-state index contributed by atoms with van der Waals surface area (Å²) < 4.78 is 1.74. The van der Waals surface area contributed by atoms with Crippen molar-refractivity contribution in [3.63, 3.8) is 0 Å². The summed E-state index contributed by atoms with van der Waals surface area (Å²) in [6.45, 7) is 1.90. The van der Waals surface area contributed by atoms with Gasteiger partial charge >= 0.3 is 0 Å². The van der Waals surface area contributed by atoms with Crippen molar-refractivity contribution >= 4 is 22.7 Å². The van der Waals surface area contributed by atoms with E-state index in [4.69, 9.17) is 4.98 Å². The number of rotatable bonds is 2. The molecular formula is C18H23N3OS. The Morgan fingerprint density at radius 1 is 1.26 bits per heavy atom. The van der Waals surface area contributed by atoms with E-state index in [1.54, 1.807) is 4.57 Å². The number of hydrogen-bond acceptors (Lipinski definition) is 4. The molecule has 4 rings (SSSR count). The molecule has 122 valence electrons. The van der Waals surface area contributed by atoms with E-state index in [-0.39, 0.29) is 5.56 Å². The minimum atomic E-state index is 0.0668. The van der Waals surface area contributed by atoms with Gasteiger partial charge < -0.3 is 0 Å². The lowest BCUT2D eigenvalue weighted by atomic mass is 9.93. The summed E-state index contributed by atoms with van der Waals surface area (Å²) in [7, 11) is 1.86. The maximum Gasteiger partial charge on any atom is 0.261 e. The number of para-hydroxylation sites is 1. The minimum absolute atomic E-state index is 0.0668. The summed E-state index contributed by atoms with van der Waals surface area (Å²) in [6.07, 6.45) is 5.34. The molecule has 1 aliphatic heterocycles. The molecule has 1 aromatic heterocycles. The molecule has 1 aromatic carbocycles. The summed E-state index contributed by atoms with van der Waals surface area (Å²) in [4.78, 5) is 19.9. The van der Waals surface area contributed by atoms with Crippen molar-refractivity contribution in [1.82, 2.24) is 14.5 Å². The maximum atomic E-state index is 12.6. The first-order valence-corrected chi connectivity index (χ1v) is 9.59. The minimum Gasteiger partial charge on any atom is -0.298 e. The van der Waals surface area contributed by atoms with Crippen LogP contribution >= 0.6 is 11.8 Å². The van der Waals surface area contributed by atoms with Crippen LogP contribution in [0, 0.1) is 0 Å². The number of thioether (sulfide) groups is 1. The molecule has 1 saturated carbocycles. The Labute approximate surface area is 140 Å². The van der Waals surface area contributed by atoms with E-state index < -0.39 is 0 Å². The van der Waals surface area contributed by atoms with Crippen LogP contribution < -0.4 is 5.56 Å². The van der Waals surface area contributed by atoms with Crippen LogP contribution in [-0.4, -0.2) is 38.0 Å². The molecule has 0 unspecified atom stereocenters. The van der Waals surface area contributed by atoms with Gasteiger partial charge in [0.25, 0.3) is 5.56 Å². The van der Waals surface area contributed by atoms with E-state index in [1.807, 2.05) is 31.3 Å². The van der Waals surface area contributed by atoms with Gasteiger partial charge in [-0.05, 0) is 25.0 Å². The zero-order chi connectivity index (χ0) is 15.8. The van der Waals surface area contributed by atoms with E-state index in [0.717, 1.165) is 29.7 Å². The van der Waals surface area contributed by atoms with Gasteiger partial charge in [0.05, 0.1) is 17.4 Å². The van der Waals surface area contributed by atoms with Crippen molar-refractivity contribution in [2.24, 2.45) is 7.05 Å². The molecule has 0 amide bonds. The van der Waals surface area contributed by atoms with Crippen molar-refractivity contribution in [3.8, 4) is 0 Å². The number of aromatic nitrogens is 2. The van der Waals surface area contributed by atoms with E-state index in [1.165, 1.54) is 31.4 Å². The molecular weight excluding hydrogens is 306 g/mol. The van der Waals surface area contributed by atoms with Crippen molar-refractivity contribution in [2.45, 2.75) is 43.5 Å². The van der Waals surface area contributed by atoms with Crippen LogP contribution in [0.1, 0.15) is 31.5 Å². The summed E-state index contributed by atoms with van der Waals surface area (Å²) in [5.74, 6) is 2.09. The Morgan fingerprint density at radius 3 is 3.00 bits per heavy atom. The first kappa shape index (κ1) is 15.2. The first-order chi connectivity index (χ1) is 11.2. The van der Waals surface area contributed by atoms with E-state index in [9.17, 15) is 4.79 Å². The van der Waals surface area contributed by atoms with Gasteiger partial charge in [0.15, 0.2) is 0 Å². The molecule has 0 bridgehead atoms. The molecule has 5 heteroatoms. The molecule has 2 fully saturated rings. The monoisotopic (exact) mass is 329 g/mol. The predicted octanol–water partition coefficient (Wildman–Crippen LogP) is 2.79. The van der Waals surface area contributed by atoms with Gasteiger partial charge in [0.1, 0.15) is 5.82 Å². The Bertz CT molecular complexity index is 770. The van der Waals surface area contributed by atoms with Gasteiger partial charge in [-0.1, -0.05) is 25.0 Å². The lowest BCUT2D eigenvalue weighted by Crippen LogP contribution is -2.49. The molecule has 2 heterocycles. The van der Waals surface area contributed by atoms with Crippen LogP contribution in [0.2, 0.25) is 0 Å². The third kappa shape index (κ3) is 2.81. The molecule has 0 N–H and O–H groups in total. The molecule has 4 nitrogen and oxygen atoms in total. The lowest BCUT2D eigenvalue weighted by molar-refractivity contribution is 0.150. The van der Waals surface area contributed by atoms with E-state index in [0.29, 0.717) is 11.4 Å². The lowest BCUT2D eigenvalue weighted by Gasteiger charge is -2.43. The van der Waals surface area contributed by atoms with Crippen LogP contribution in [0.15, 0.2) is 29.1 Å². The first-order valence-electron chi connectivity index (χ1n) is 8.54. The van der Waals surface area contributed by atoms with Gasteiger partial charge in [-0.2, -0.15) is 11.8 Å². The third-order valence-corrected chi connectivity index (χ3v) is 6.66. The Hall–Kier alpha value is -1.33.